The van der Waals surface area contributed by atoms with Crippen LogP contribution in [0.1, 0.15) is 22.4 Å². The number of anilines is 1. The largest absolute Gasteiger partial charge is 0.480 e. The van der Waals surface area contributed by atoms with Gasteiger partial charge in [-0.1, -0.05) is 78.0 Å². The number of carbonyl (C=O) groups excluding carboxylic acids is 2. The van der Waals surface area contributed by atoms with Crippen molar-refractivity contribution in [2.75, 3.05) is 18.4 Å². The van der Waals surface area contributed by atoms with Crippen molar-refractivity contribution in [3.8, 4) is 22.5 Å². The van der Waals surface area contributed by atoms with Gasteiger partial charge in [0.25, 0.3) is 0 Å². The highest BCUT2D eigenvalue weighted by molar-refractivity contribution is 5.91. The quantitative estimate of drug-likeness (QED) is 0.304. The van der Waals surface area contributed by atoms with E-state index in [-0.39, 0.29) is 19.7 Å². The van der Waals surface area contributed by atoms with Gasteiger partial charge >= 0.3 is 12.1 Å². The van der Waals surface area contributed by atoms with Gasteiger partial charge in [-0.2, -0.15) is 0 Å². The number of aromatic nitrogens is 1. The predicted octanol–water partition coefficient (Wildman–Crippen LogP) is 5.17. The van der Waals surface area contributed by atoms with Crippen LogP contribution in [0.3, 0.4) is 0 Å². The number of aryl methyl sites for hydroxylation is 2. The number of carbonyl (C=O) groups is 3. The Morgan fingerprint density at radius 1 is 1.00 bits per heavy atom. The number of amides is 2. The second-order valence-corrected chi connectivity index (χ2v) is 9.65. The number of aliphatic carboxylic acids is 1. The van der Waals surface area contributed by atoms with Gasteiger partial charge in [0.15, 0.2) is 5.76 Å². The first-order chi connectivity index (χ1) is 18.8. The van der Waals surface area contributed by atoms with E-state index in [4.69, 9.17) is 9.26 Å². The molecule has 3 aromatic carbocycles. The van der Waals surface area contributed by atoms with Crippen LogP contribution in [-0.2, 0) is 26.3 Å². The average molecular weight is 526 g/mol. The number of nitrogens with one attached hydrogen (secondary N) is 1. The zero-order valence-electron chi connectivity index (χ0n) is 21.5. The Balaban J connectivity index is 1.29. The molecule has 1 aliphatic rings. The van der Waals surface area contributed by atoms with E-state index in [1.54, 1.807) is 19.1 Å². The summed E-state index contributed by atoms with van der Waals surface area (Å²) < 4.78 is 10.9. The molecule has 39 heavy (non-hydrogen) atoms. The van der Waals surface area contributed by atoms with E-state index in [0.29, 0.717) is 29.1 Å². The zero-order valence-corrected chi connectivity index (χ0v) is 21.5. The standard InChI is InChI=1S/C30H27N3O6/c1-19-5-3-4-6-24(19)15-38-29(37)31-26-20(2)32-39-27(26)23-9-7-21(8-10-23)22-11-13-25(14-12-22)30(28(35)36)16-33(17-30)18-34/h3-14,18H,15-17H2,1-2H3,(H,31,37)(H,35,36). The van der Waals surface area contributed by atoms with Crippen molar-refractivity contribution in [2.45, 2.75) is 25.9 Å². The number of rotatable bonds is 8. The Kier molecular flexibility index (Phi) is 6.89. The van der Waals surface area contributed by atoms with Gasteiger partial charge in [-0.15, -0.1) is 0 Å². The maximum absolute atomic E-state index is 12.5. The molecule has 0 saturated carbocycles. The lowest BCUT2D eigenvalue weighted by atomic mass is 9.73. The number of hydrogen-bond donors (Lipinski definition) is 2. The Labute approximate surface area is 225 Å². The molecule has 2 N–H and O–H groups in total. The van der Waals surface area contributed by atoms with Gasteiger partial charge in [0.05, 0.1) is 0 Å². The Hall–Kier alpha value is -4.92. The molecule has 0 radical (unpaired) electrons. The summed E-state index contributed by atoms with van der Waals surface area (Å²) in [5, 5.41) is 16.5. The van der Waals surface area contributed by atoms with Crippen LogP contribution >= 0.6 is 0 Å². The number of carboxylic acid groups (broad SMARTS) is 1. The summed E-state index contributed by atoms with van der Waals surface area (Å²) in [6, 6.07) is 22.6. The highest BCUT2D eigenvalue weighted by atomic mass is 16.5. The number of benzene rings is 3. The number of hydrogen-bond acceptors (Lipinski definition) is 6. The molecular weight excluding hydrogens is 498 g/mol. The Bertz CT molecular complexity index is 1520. The zero-order chi connectivity index (χ0) is 27.6. The topological polar surface area (TPSA) is 122 Å². The van der Waals surface area contributed by atoms with Gasteiger partial charge < -0.3 is 19.3 Å². The molecule has 198 valence electrons. The van der Waals surface area contributed by atoms with Gasteiger partial charge in [0.1, 0.15) is 23.4 Å². The minimum Gasteiger partial charge on any atom is -0.480 e. The van der Waals surface area contributed by atoms with Crippen molar-refractivity contribution in [1.29, 1.82) is 0 Å². The van der Waals surface area contributed by atoms with E-state index in [0.717, 1.165) is 27.8 Å². The summed E-state index contributed by atoms with van der Waals surface area (Å²) in [6.07, 6.45) is 0.0622. The van der Waals surface area contributed by atoms with E-state index < -0.39 is 17.5 Å². The van der Waals surface area contributed by atoms with Gasteiger partial charge in [-0.05, 0) is 41.7 Å². The fraction of sp³-hybridized carbons (Fsp3) is 0.200. The molecule has 1 saturated heterocycles. The molecule has 0 spiro atoms. The highest BCUT2D eigenvalue weighted by Gasteiger charge is 2.50. The summed E-state index contributed by atoms with van der Waals surface area (Å²) in [7, 11) is 0. The molecule has 2 heterocycles. The van der Waals surface area contributed by atoms with E-state index in [1.807, 2.05) is 67.6 Å². The number of ether oxygens (including phenoxy) is 1. The number of nitrogens with zero attached hydrogens (tertiary/aromatic N) is 2. The highest BCUT2D eigenvalue weighted by Crippen LogP contribution is 2.36. The summed E-state index contributed by atoms with van der Waals surface area (Å²) in [4.78, 5) is 36.8. The monoisotopic (exact) mass is 525 g/mol. The lowest BCUT2D eigenvalue weighted by Crippen LogP contribution is -2.62. The lowest BCUT2D eigenvalue weighted by Gasteiger charge is -2.45. The van der Waals surface area contributed by atoms with Gasteiger partial charge in [0, 0.05) is 18.7 Å². The normalized spacial score (nSPS) is 13.8. The van der Waals surface area contributed by atoms with Crippen LogP contribution in [0.4, 0.5) is 10.5 Å². The predicted molar refractivity (Wildman–Crippen MR) is 144 cm³/mol. The second-order valence-electron chi connectivity index (χ2n) is 9.65. The smallest absolute Gasteiger partial charge is 0.412 e. The second kappa shape index (κ2) is 10.4. The van der Waals surface area contributed by atoms with E-state index in [9.17, 15) is 19.5 Å². The fourth-order valence-corrected chi connectivity index (χ4v) is 4.73. The first kappa shape index (κ1) is 25.7. The van der Waals surface area contributed by atoms with Crippen LogP contribution in [0.15, 0.2) is 77.3 Å². The summed E-state index contributed by atoms with van der Waals surface area (Å²) in [5.74, 6) is -0.529. The molecule has 4 aromatic rings. The third kappa shape index (κ3) is 4.98. The summed E-state index contributed by atoms with van der Waals surface area (Å²) in [6.45, 7) is 4.16. The molecule has 1 aromatic heterocycles. The van der Waals surface area contributed by atoms with Crippen LogP contribution < -0.4 is 5.32 Å². The SMILES string of the molecule is Cc1ccccc1COC(=O)Nc1c(C)noc1-c1ccc(-c2ccc(C3(C(=O)O)CN(C=O)C3)cc2)cc1. The maximum Gasteiger partial charge on any atom is 0.412 e. The van der Waals surface area contributed by atoms with Crippen LogP contribution in [0, 0.1) is 13.8 Å². The molecule has 0 aliphatic carbocycles. The summed E-state index contributed by atoms with van der Waals surface area (Å²) in [5.41, 5.74) is 5.06. The molecule has 0 bridgehead atoms. The van der Waals surface area contributed by atoms with E-state index in [1.165, 1.54) is 4.90 Å². The van der Waals surface area contributed by atoms with Crippen molar-refractivity contribution in [3.05, 3.63) is 95.2 Å². The minimum atomic E-state index is -1.07. The fourth-order valence-electron chi connectivity index (χ4n) is 4.73. The van der Waals surface area contributed by atoms with Crippen molar-refractivity contribution in [3.63, 3.8) is 0 Å². The van der Waals surface area contributed by atoms with Crippen molar-refractivity contribution < 1.29 is 28.8 Å². The van der Waals surface area contributed by atoms with Crippen LogP contribution in [-0.4, -0.2) is 46.7 Å². The van der Waals surface area contributed by atoms with E-state index in [2.05, 4.69) is 10.5 Å². The van der Waals surface area contributed by atoms with Crippen LogP contribution in [0.25, 0.3) is 22.5 Å². The van der Waals surface area contributed by atoms with Crippen molar-refractivity contribution in [1.82, 2.24) is 10.1 Å². The van der Waals surface area contributed by atoms with Crippen LogP contribution in [0.2, 0.25) is 0 Å². The minimum absolute atomic E-state index is 0.147. The number of likely N-dealkylation sites (tertiary alicyclic amines) is 1. The maximum atomic E-state index is 12.5. The van der Waals surface area contributed by atoms with Gasteiger partial charge in [-0.25, -0.2) is 4.79 Å². The van der Waals surface area contributed by atoms with Crippen LogP contribution in [0.5, 0.6) is 0 Å². The summed E-state index contributed by atoms with van der Waals surface area (Å²) >= 11 is 0. The number of carboxylic acids is 1. The van der Waals surface area contributed by atoms with Gasteiger partial charge in [0.2, 0.25) is 6.41 Å². The first-order valence-electron chi connectivity index (χ1n) is 12.4. The van der Waals surface area contributed by atoms with Gasteiger partial charge in [-0.3, -0.25) is 14.9 Å². The molecule has 1 fully saturated rings. The third-order valence-corrected chi connectivity index (χ3v) is 7.13. The third-order valence-electron chi connectivity index (χ3n) is 7.13. The van der Waals surface area contributed by atoms with Crippen molar-refractivity contribution >= 4 is 24.2 Å². The van der Waals surface area contributed by atoms with E-state index >= 15 is 0 Å². The Morgan fingerprint density at radius 2 is 1.62 bits per heavy atom. The van der Waals surface area contributed by atoms with Crippen molar-refractivity contribution in [2.24, 2.45) is 0 Å². The molecule has 0 atom stereocenters. The first-order valence-corrected chi connectivity index (χ1v) is 12.4. The Morgan fingerprint density at radius 3 is 2.23 bits per heavy atom. The molecule has 1 aliphatic heterocycles. The molecule has 9 nitrogen and oxygen atoms in total. The molecule has 9 heteroatoms. The molecular formula is C30H27N3O6. The molecule has 2 amide bonds. The molecule has 0 unspecified atom stereocenters. The lowest BCUT2D eigenvalue weighted by molar-refractivity contribution is -0.153. The molecule has 5 rings (SSSR count). The average Bonchev–Trinajstić information content (AvgIpc) is 3.28.